The number of nitrogens with zero attached hydrogens (tertiary/aromatic N) is 3. The Morgan fingerprint density at radius 2 is 2.00 bits per heavy atom. The number of aromatic nitrogens is 3. The Morgan fingerprint density at radius 3 is 2.83 bits per heavy atom. The summed E-state index contributed by atoms with van der Waals surface area (Å²) in [6, 6.07) is 13.9. The number of benzene rings is 2. The zero-order chi connectivity index (χ0) is 15.6. The van der Waals surface area contributed by atoms with Crippen LogP contribution in [0.4, 0.5) is 5.13 Å². The van der Waals surface area contributed by atoms with Gasteiger partial charge in [0.1, 0.15) is 5.51 Å². The SMILES string of the molecule is O=C(Nc1nncs1)c1ncoc1-c1ccc2ccccc2c1. The highest BCUT2D eigenvalue weighted by Gasteiger charge is 2.19. The second-order valence-corrected chi connectivity index (χ2v) is 5.62. The number of amides is 1. The Hall–Kier alpha value is -3.06. The lowest BCUT2D eigenvalue weighted by Crippen LogP contribution is -2.13. The number of rotatable bonds is 3. The van der Waals surface area contributed by atoms with E-state index in [0.29, 0.717) is 10.9 Å². The third-order valence-corrected chi connectivity index (χ3v) is 3.98. The molecular formula is C16H10N4O2S. The fourth-order valence-corrected chi connectivity index (χ4v) is 2.77. The van der Waals surface area contributed by atoms with Gasteiger partial charge in [0, 0.05) is 5.56 Å². The van der Waals surface area contributed by atoms with Gasteiger partial charge in [0.15, 0.2) is 17.8 Å². The van der Waals surface area contributed by atoms with Crippen molar-refractivity contribution in [1.29, 1.82) is 0 Å². The van der Waals surface area contributed by atoms with Crippen molar-refractivity contribution in [3.63, 3.8) is 0 Å². The van der Waals surface area contributed by atoms with Crippen molar-refractivity contribution in [2.45, 2.75) is 0 Å². The number of anilines is 1. The second kappa shape index (κ2) is 5.62. The van der Waals surface area contributed by atoms with E-state index in [-0.39, 0.29) is 11.6 Å². The van der Waals surface area contributed by atoms with Crippen LogP contribution in [0.1, 0.15) is 10.5 Å². The molecule has 6 nitrogen and oxygen atoms in total. The molecule has 7 heteroatoms. The van der Waals surface area contributed by atoms with Gasteiger partial charge in [-0.15, -0.1) is 10.2 Å². The molecule has 0 unspecified atom stereocenters. The minimum absolute atomic E-state index is 0.218. The van der Waals surface area contributed by atoms with Gasteiger partial charge in [-0.05, 0) is 16.8 Å². The maximum absolute atomic E-state index is 12.3. The largest absolute Gasteiger partial charge is 0.443 e. The molecule has 112 valence electrons. The van der Waals surface area contributed by atoms with E-state index in [4.69, 9.17) is 4.42 Å². The molecule has 1 amide bonds. The molecule has 2 aromatic heterocycles. The number of hydrogen-bond donors (Lipinski definition) is 1. The molecular weight excluding hydrogens is 312 g/mol. The van der Waals surface area contributed by atoms with Crippen LogP contribution in [-0.4, -0.2) is 21.1 Å². The molecule has 0 saturated heterocycles. The molecule has 4 rings (SSSR count). The van der Waals surface area contributed by atoms with Crippen molar-refractivity contribution in [3.05, 3.63) is 60.1 Å². The third kappa shape index (κ3) is 2.58. The fourth-order valence-electron chi connectivity index (χ4n) is 2.33. The predicted octanol–water partition coefficient (Wildman–Crippen LogP) is 3.60. The maximum atomic E-state index is 12.3. The summed E-state index contributed by atoms with van der Waals surface area (Å²) in [5.41, 5.74) is 2.56. The third-order valence-electron chi connectivity index (χ3n) is 3.37. The number of carbonyl (C=O) groups excluding carboxylic acids is 1. The molecule has 0 atom stereocenters. The number of nitrogens with one attached hydrogen (secondary N) is 1. The monoisotopic (exact) mass is 322 g/mol. The minimum Gasteiger partial charge on any atom is -0.443 e. The second-order valence-electron chi connectivity index (χ2n) is 4.79. The quantitative estimate of drug-likeness (QED) is 0.623. The Bertz CT molecular complexity index is 979. The van der Waals surface area contributed by atoms with E-state index in [1.54, 1.807) is 5.51 Å². The van der Waals surface area contributed by atoms with Gasteiger partial charge in [-0.1, -0.05) is 47.7 Å². The molecule has 2 heterocycles. The topological polar surface area (TPSA) is 80.9 Å². The van der Waals surface area contributed by atoms with E-state index >= 15 is 0 Å². The molecule has 0 radical (unpaired) electrons. The van der Waals surface area contributed by atoms with E-state index in [1.165, 1.54) is 17.7 Å². The average molecular weight is 322 g/mol. The van der Waals surface area contributed by atoms with Gasteiger partial charge in [-0.2, -0.15) is 0 Å². The summed E-state index contributed by atoms with van der Waals surface area (Å²) >= 11 is 1.24. The Kier molecular flexibility index (Phi) is 3.32. The van der Waals surface area contributed by atoms with Gasteiger partial charge in [0.2, 0.25) is 5.13 Å². The Morgan fingerprint density at radius 1 is 1.13 bits per heavy atom. The standard InChI is InChI=1S/C16H10N4O2S/c21-15(19-16-20-18-9-23-16)13-14(22-8-17-13)12-6-5-10-3-1-2-4-11(10)7-12/h1-9H,(H,19,20,21). The molecule has 0 aliphatic rings. The van der Waals surface area contributed by atoms with Crippen molar-refractivity contribution < 1.29 is 9.21 Å². The summed E-state index contributed by atoms with van der Waals surface area (Å²) in [6.07, 6.45) is 1.26. The Labute approximate surface area is 134 Å². The number of carbonyl (C=O) groups is 1. The molecule has 0 aliphatic carbocycles. The first-order chi connectivity index (χ1) is 11.3. The summed E-state index contributed by atoms with van der Waals surface area (Å²) in [5.74, 6) is 0.0522. The first-order valence-corrected chi connectivity index (χ1v) is 7.69. The normalized spacial score (nSPS) is 10.8. The van der Waals surface area contributed by atoms with Crippen LogP contribution >= 0.6 is 11.3 Å². The van der Waals surface area contributed by atoms with Crippen LogP contribution < -0.4 is 5.32 Å². The first-order valence-electron chi connectivity index (χ1n) is 6.81. The lowest BCUT2D eigenvalue weighted by molar-refractivity contribution is 0.102. The molecule has 2 aromatic carbocycles. The first kappa shape index (κ1) is 13.6. The van der Waals surface area contributed by atoms with Crippen LogP contribution in [0.3, 0.4) is 0 Å². The van der Waals surface area contributed by atoms with Crippen LogP contribution in [0.5, 0.6) is 0 Å². The lowest BCUT2D eigenvalue weighted by atomic mass is 10.0. The summed E-state index contributed by atoms with van der Waals surface area (Å²) < 4.78 is 5.44. The number of hydrogen-bond acceptors (Lipinski definition) is 6. The summed E-state index contributed by atoms with van der Waals surface area (Å²) in [6.45, 7) is 0. The van der Waals surface area contributed by atoms with Gasteiger partial charge in [-0.3, -0.25) is 10.1 Å². The molecule has 0 fully saturated rings. The van der Waals surface area contributed by atoms with Gasteiger partial charge < -0.3 is 4.42 Å². The van der Waals surface area contributed by atoms with Crippen LogP contribution in [0, 0.1) is 0 Å². The molecule has 0 spiro atoms. The highest BCUT2D eigenvalue weighted by atomic mass is 32.1. The van der Waals surface area contributed by atoms with Crippen molar-refractivity contribution in [2.75, 3.05) is 5.32 Å². The minimum atomic E-state index is -0.376. The summed E-state index contributed by atoms with van der Waals surface area (Å²) in [4.78, 5) is 16.4. The predicted molar refractivity (Wildman–Crippen MR) is 87.3 cm³/mol. The molecule has 0 saturated carbocycles. The van der Waals surface area contributed by atoms with Crippen molar-refractivity contribution in [1.82, 2.24) is 15.2 Å². The van der Waals surface area contributed by atoms with Gasteiger partial charge in [0.05, 0.1) is 0 Å². The van der Waals surface area contributed by atoms with Crippen molar-refractivity contribution in [2.24, 2.45) is 0 Å². The van der Waals surface area contributed by atoms with E-state index in [0.717, 1.165) is 16.3 Å². The van der Waals surface area contributed by atoms with Crippen LogP contribution in [0.25, 0.3) is 22.1 Å². The van der Waals surface area contributed by atoms with Crippen molar-refractivity contribution in [3.8, 4) is 11.3 Å². The lowest BCUT2D eigenvalue weighted by Gasteiger charge is -2.03. The van der Waals surface area contributed by atoms with Gasteiger partial charge in [0.25, 0.3) is 5.91 Å². The highest BCUT2D eigenvalue weighted by Crippen LogP contribution is 2.27. The van der Waals surface area contributed by atoms with E-state index in [9.17, 15) is 4.79 Å². The van der Waals surface area contributed by atoms with Gasteiger partial charge in [-0.25, -0.2) is 4.98 Å². The summed E-state index contributed by atoms with van der Waals surface area (Å²) in [7, 11) is 0. The number of fused-ring (bicyclic) bond motifs is 1. The fraction of sp³-hybridized carbons (Fsp3) is 0. The zero-order valence-corrected chi connectivity index (χ0v) is 12.6. The number of oxazole rings is 1. The van der Waals surface area contributed by atoms with E-state index < -0.39 is 0 Å². The highest BCUT2D eigenvalue weighted by molar-refractivity contribution is 7.13. The molecule has 23 heavy (non-hydrogen) atoms. The van der Waals surface area contributed by atoms with E-state index in [1.807, 2.05) is 42.5 Å². The molecule has 4 aromatic rings. The maximum Gasteiger partial charge on any atom is 0.280 e. The molecule has 0 aliphatic heterocycles. The molecule has 0 bridgehead atoms. The average Bonchev–Trinajstić information content (AvgIpc) is 3.25. The van der Waals surface area contributed by atoms with E-state index in [2.05, 4.69) is 20.5 Å². The Balaban J connectivity index is 1.71. The van der Waals surface area contributed by atoms with Crippen LogP contribution in [0.2, 0.25) is 0 Å². The van der Waals surface area contributed by atoms with Gasteiger partial charge >= 0.3 is 0 Å². The zero-order valence-electron chi connectivity index (χ0n) is 11.8. The van der Waals surface area contributed by atoms with Crippen molar-refractivity contribution >= 4 is 33.1 Å². The van der Waals surface area contributed by atoms with Crippen LogP contribution in [0.15, 0.2) is 58.8 Å². The summed E-state index contributed by atoms with van der Waals surface area (Å²) in [5, 5.41) is 12.7. The molecule has 1 N–H and O–H groups in total. The smallest absolute Gasteiger partial charge is 0.280 e. The van der Waals surface area contributed by atoms with Crippen LogP contribution in [-0.2, 0) is 0 Å².